The molecule has 8 heteroatoms. The van der Waals surface area contributed by atoms with Crippen LogP contribution >= 0.6 is 0 Å². The first-order chi connectivity index (χ1) is 12.3. The lowest BCUT2D eigenvalue weighted by atomic mass is 9.94. The van der Waals surface area contributed by atoms with Crippen LogP contribution in [-0.4, -0.2) is 25.0 Å². The monoisotopic (exact) mass is 364 g/mol. The van der Waals surface area contributed by atoms with Crippen molar-refractivity contribution in [2.75, 3.05) is 7.11 Å². The van der Waals surface area contributed by atoms with E-state index in [1.54, 1.807) is 31.2 Å². The fourth-order valence-corrected chi connectivity index (χ4v) is 2.78. The standard InChI is InChI=1S/C18H15F3N2O3/c1-10-16(22-23-17(24)26-10)11-7-8-12(14(9-11)18(19,20)21)13-5-3-4-6-15(13)25-2/h3-10H,1-2H3,(H,23,24)/t10-/m0/s1. The highest BCUT2D eigenvalue weighted by atomic mass is 19.4. The number of methoxy groups -OCH3 is 1. The van der Waals surface area contributed by atoms with Crippen LogP contribution in [0.2, 0.25) is 0 Å². The highest BCUT2D eigenvalue weighted by molar-refractivity contribution is 6.06. The molecule has 0 unspecified atom stereocenters. The van der Waals surface area contributed by atoms with E-state index in [9.17, 15) is 18.0 Å². The summed E-state index contributed by atoms with van der Waals surface area (Å²) < 4.78 is 51.2. The molecule has 1 atom stereocenters. The van der Waals surface area contributed by atoms with Gasteiger partial charge in [0, 0.05) is 11.1 Å². The molecule has 0 radical (unpaired) electrons. The highest BCUT2D eigenvalue weighted by Gasteiger charge is 2.35. The van der Waals surface area contributed by atoms with E-state index < -0.39 is 23.9 Å². The molecule has 1 amide bonds. The molecule has 1 heterocycles. The fraction of sp³-hybridized carbons (Fsp3) is 0.222. The van der Waals surface area contributed by atoms with Gasteiger partial charge in [0.1, 0.15) is 17.6 Å². The summed E-state index contributed by atoms with van der Waals surface area (Å²) >= 11 is 0. The van der Waals surface area contributed by atoms with E-state index in [0.717, 1.165) is 6.07 Å². The molecule has 0 saturated carbocycles. The number of cyclic esters (lactones) is 1. The molecule has 1 aliphatic heterocycles. The number of hydrogen-bond donors (Lipinski definition) is 1. The number of carbonyl (C=O) groups is 1. The van der Waals surface area contributed by atoms with Crippen LogP contribution in [-0.2, 0) is 10.9 Å². The quantitative estimate of drug-likeness (QED) is 0.887. The van der Waals surface area contributed by atoms with Gasteiger partial charge in [-0.15, -0.1) is 0 Å². The molecule has 0 aliphatic carbocycles. The van der Waals surface area contributed by atoms with E-state index >= 15 is 0 Å². The summed E-state index contributed by atoms with van der Waals surface area (Å²) in [6, 6.07) is 10.4. The van der Waals surface area contributed by atoms with Gasteiger partial charge < -0.3 is 9.47 Å². The van der Waals surface area contributed by atoms with Crippen molar-refractivity contribution in [3.63, 3.8) is 0 Å². The Morgan fingerprint density at radius 3 is 2.54 bits per heavy atom. The third-order valence-electron chi connectivity index (χ3n) is 3.95. The summed E-state index contributed by atoms with van der Waals surface area (Å²) in [7, 11) is 1.40. The largest absolute Gasteiger partial charge is 0.496 e. The number of hydrogen-bond acceptors (Lipinski definition) is 4. The van der Waals surface area contributed by atoms with Crippen molar-refractivity contribution in [2.45, 2.75) is 19.2 Å². The van der Waals surface area contributed by atoms with Gasteiger partial charge in [-0.25, -0.2) is 10.2 Å². The molecule has 0 bridgehead atoms. The van der Waals surface area contributed by atoms with E-state index in [1.807, 2.05) is 0 Å². The van der Waals surface area contributed by atoms with E-state index in [-0.39, 0.29) is 16.8 Å². The molecule has 0 fully saturated rings. The number of amides is 1. The van der Waals surface area contributed by atoms with Crippen LogP contribution in [0, 0.1) is 0 Å². The summed E-state index contributed by atoms with van der Waals surface area (Å²) in [5.41, 5.74) is 2.03. The van der Waals surface area contributed by atoms with E-state index in [2.05, 4.69) is 10.5 Å². The minimum absolute atomic E-state index is 0.00674. The summed E-state index contributed by atoms with van der Waals surface area (Å²) in [4.78, 5) is 11.2. The maximum absolute atomic E-state index is 13.7. The Labute approximate surface area is 147 Å². The van der Waals surface area contributed by atoms with Crippen LogP contribution in [0.1, 0.15) is 18.1 Å². The number of hydrazone groups is 1. The van der Waals surface area contributed by atoms with Gasteiger partial charge in [0.25, 0.3) is 0 Å². The molecule has 5 nitrogen and oxygen atoms in total. The lowest BCUT2D eigenvalue weighted by Gasteiger charge is -2.22. The number of nitrogens with zero attached hydrogens (tertiary/aromatic N) is 1. The number of carbonyl (C=O) groups excluding carboxylic acids is 1. The zero-order chi connectivity index (χ0) is 18.9. The maximum atomic E-state index is 13.7. The van der Waals surface area contributed by atoms with E-state index in [0.29, 0.717) is 11.3 Å². The molecule has 3 rings (SSSR count). The van der Waals surface area contributed by atoms with Crippen LogP contribution in [0.5, 0.6) is 5.75 Å². The summed E-state index contributed by atoms with van der Waals surface area (Å²) in [5, 5.41) is 3.82. The second-order valence-electron chi connectivity index (χ2n) is 5.61. The van der Waals surface area contributed by atoms with Gasteiger partial charge in [-0.3, -0.25) is 0 Å². The second kappa shape index (κ2) is 6.70. The van der Waals surface area contributed by atoms with Crippen molar-refractivity contribution >= 4 is 11.8 Å². The molecule has 0 spiro atoms. The molecule has 1 aliphatic rings. The molecular formula is C18H15F3N2O3. The van der Waals surface area contributed by atoms with Gasteiger partial charge in [-0.1, -0.05) is 30.3 Å². The van der Waals surface area contributed by atoms with Gasteiger partial charge in [-0.2, -0.15) is 18.3 Å². The number of para-hydroxylation sites is 1. The minimum atomic E-state index is -4.59. The first kappa shape index (κ1) is 17.8. The van der Waals surface area contributed by atoms with Gasteiger partial charge in [0.2, 0.25) is 0 Å². The summed E-state index contributed by atoms with van der Waals surface area (Å²) in [5.74, 6) is 0.338. The first-order valence-corrected chi connectivity index (χ1v) is 7.70. The third-order valence-corrected chi connectivity index (χ3v) is 3.95. The SMILES string of the molecule is COc1ccccc1-c1ccc(C2=NNC(=O)O[C@H]2C)cc1C(F)(F)F. The first-order valence-electron chi connectivity index (χ1n) is 7.70. The van der Waals surface area contributed by atoms with Crippen LogP contribution in [0.4, 0.5) is 18.0 Å². The predicted molar refractivity (Wildman–Crippen MR) is 89.0 cm³/mol. The number of nitrogens with one attached hydrogen (secondary N) is 1. The lowest BCUT2D eigenvalue weighted by molar-refractivity contribution is -0.137. The number of alkyl halides is 3. The second-order valence-corrected chi connectivity index (χ2v) is 5.61. The Kier molecular flexibility index (Phi) is 4.58. The molecule has 1 N–H and O–H groups in total. The molecule has 0 aromatic heterocycles. The summed E-state index contributed by atoms with van der Waals surface area (Å²) in [6.45, 7) is 1.54. The average Bonchev–Trinajstić information content (AvgIpc) is 2.60. The zero-order valence-electron chi connectivity index (χ0n) is 13.9. The zero-order valence-corrected chi connectivity index (χ0v) is 13.9. The fourth-order valence-electron chi connectivity index (χ4n) is 2.78. The van der Waals surface area contributed by atoms with E-state index in [1.165, 1.54) is 19.2 Å². The van der Waals surface area contributed by atoms with Crippen molar-refractivity contribution in [2.24, 2.45) is 5.10 Å². The van der Waals surface area contributed by atoms with Crippen LogP contribution < -0.4 is 10.2 Å². The number of halogens is 3. The normalized spacial score (nSPS) is 17.2. The van der Waals surface area contributed by atoms with Gasteiger partial charge in [0.05, 0.1) is 12.7 Å². The Morgan fingerprint density at radius 2 is 1.88 bits per heavy atom. The third kappa shape index (κ3) is 3.35. The molecule has 136 valence electrons. The van der Waals surface area contributed by atoms with Crippen LogP contribution in [0.25, 0.3) is 11.1 Å². The van der Waals surface area contributed by atoms with Crippen molar-refractivity contribution < 1.29 is 27.4 Å². The molecule has 0 saturated heterocycles. The Balaban J connectivity index is 2.15. The van der Waals surface area contributed by atoms with Crippen LogP contribution in [0.3, 0.4) is 0 Å². The van der Waals surface area contributed by atoms with Crippen molar-refractivity contribution in [3.05, 3.63) is 53.6 Å². The predicted octanol–water partition coefficient (Wildman–Crippen LogP) is 4.21. The smallest absolute Gasteiger partial charge is 0.428 e. The maximum Gasteiger partial charge on any atom is 0.428 e. The summed E-state index contributed by atoms with van der Waals surface area (Å²) in [6.07, 6.45) is -6.10. The van der Waals surface area contributed by atoms with Crippen molar-refractivity contribution in [1.82, 2.24) is 5.43 Å². The molecule has 2 aromatic carbocycles. The average molecular weight is 364 g/mol. The van der Waals surface area contributed by atoms with Crippen molar-refractivity contribution in [1.29, 1.82) is 0 Å². The van der Waals surface area contributed by atoms with Crippen molar-refractivity contribution in [3.8, 4) is 16.9 Å². The topological polar surface area (TPSA) is 59.9 Å². The molecule has 2 aromatic rings. The Bertz CT molecular complexity index is 878. The van der Waals surface area contributed by atoms with Crippen LogP contribution in [0.15, 0.2) is 47.6 Å². The van der Waals surface area contributed by atoms with Gasteiger partial charge >= 0.3 is 12.3 Å². The Morgan fingerprint density at radius 1 is 1.15 bits per heavy atom. The lowest BCUT2D eigenvalue weighted by Crippen LogP contribution is -2.37. The van der Waals surface area contributed by atoms with E-state index in [4.69, 9.17) is 9.47 Å². The molecule has 26 heavy (non-hydrogen) atoms. The van der Waals surface area contributed by atoms with Gasteiger partial charge in [-0.05, 0) is 24.6 Å². The number of ether oxygens (including phenoxy) is 2. The Hall–Kier alpha value is -3.03. The highest BCUT2D eigenvalue weighted by Crippen LogP contribution is 2.41. The number of benzene rings is 2. The van der Waals surface area contributed by atoms with Gasteiger partial charge in [0.15, 0.2) is 0 Å². The minimum Gasteiger partial charge on any atom is -0.496 e. The molecular weight excluding hydrogens is 349 g/mol. The number of rotatable bonds is 3.